The van der Waals surface area contributed by atoms with Crippen LogP contribution < -0.4 is 0 Å². The van der Waals surface area contributed by atoms with Crippen molar-refractivity contribution >= 4 is 0 Å². The molecule has 3 rings (SSSR count). The Balaban J connectivity index is 0.00000108. The summed E-state index contributed by atoms with van der Waals surface area (Å²) >= 11 is 0. The fourth-order valence-corrected chi connectivity index (χ4v) is 2.41. The number of nitrogens with zero attached hydrogens (tertiary/aromatic N) is 2. The monoisotopic (exact) mass is 300 g/mol. The minimum Gasteiger partial charge on any atom is -0.410 e. The van der Waals surface area contributed by atoms with Crippen LogP contribution in [-0.2, 0) is 45.7 Å². The topological polar surface area (TPSA) is 17.8 Å². The van der Waals surface area contributed by atoms with Crippen molar-refractivity contribution in [2.45, 2.75) is 26.3 Å². The zero-order valence-corrected chi connectivity index (χ0v) is 12.9. The third kappa shape index (κ3) is 2.34. The summed E-state index contributed by atoms with van der Waals surface area (Å²) in [5, 5.41) is 0. The van der Waals surface area contributed by atoms with Crippen molar-refractivity contribution in [1.82, 2.24) is 9.55 Å². The van der Waals surface area contributed by atoms with Crippen molar-refractivity contribution in [2.75, 3.05) is 0 Å². The zero-order chi connectivity index (χ0) is 11.1. The molecule has 0 N–H and O–H groups in total. The summed E-state index contributed by atoms with van der Waals surface area (Å²) in [6.07, 6.45) is 4.37. The summed E-state index contributed by atoms with van der Waals surface area (Å²) in [7, 11) is 0. The minimum absolute atomic E-state index is 0. The van der Waals surface area contributed by atoms with E-state index < -0.39 is 0 Å². The molecule has 2 nitrogen and oxygen atoms in total. The van der Waals surface area contributed by atoms with E-state index in [-0.39, 0.29) is 32.7 Å². The smallest absolute Gasteiger partial charge is 0.121 e. The van der Waals surface area contributed by atoms with Gasteiger partial charge in [0.15, 0.2) is 0 Å². The first-order valence-corrected chi connectivity index (χ1v) is 5.73. The molecule has 17 heavy (non-hydrogen) atoms. The quantitative estimate of drug-likeness (QED) is 0.684. The summed E-state index contributed by atoms with van der Waals surface area (Å²) in [5.41, 5.74) is 4.85. The normalized spacial score (nSPS) is 13.2. The largest absolute Gasteiger partial charge is 0.410 e. The van der Waals surface area contributed by atoms with Crippen LogP contribution in [0.3, 0.4) is 0 Å². The van der Waals surface area contributed by atoms with Gasteiger partial charge in [-0.2, -0.15) is 0 Å². The summed E-state index contributed by atoms with van der Waals surface area (Å²) in [5.74, 6) is 1.08. The predicted molar refractivity (Wildman–Crippen MR) is 65.2 cm³/mol. The van der Waals surface area contributed by atoms with Crippen LogP contribution in [0.2, 0.25) is 0 Å². The molecular weight excluding hydrogens is 285 g/mol. The average Bonchev–Trinajstić information content (AvgIpc) is 2.54. The van der Waals surface area contributed by atoms with Crippen molar-refractivity contribution in [3.63, 3.8) is 0 Å². The van der Waals surface area contributed by atoms with E-state index in [0.717, 1.165) is 24.5 Å². The Morgan fingerprint density at radius 1 is 1.35 bits per heavy atom. The molecule has 85 valence electrons. The van der Waals surface area contributed by atoms with Crippen molar-refractivity contribution < 1.29 is 32.7 Å². The van der Waals surface area contributed by atoms with Crippen LogP contribution in [0.5, 0.6) is 0 Å². The van der Waals surface area contributed by atoms with Crippen LogP contribution in [0.1, 0.15) is 23.2 Å². The Bertz CT molecular complexity index is 543. The maximum Gasteiger partial charge on any atom is 0.121 e. The van der Waals surface area contributed by atoms with Gasteiger partial charge < -0.3 is 4.57 Å². The second kappa shape index (κ2) is 4.95. The van der Waals surface area contributed by atoms with Gasteiger partial charge in [0.1, 0.15) is 5.82 Å². The summed E-state index contributed by atoms with van der Waals surface area (Å²) < 4.78 is 2.23. The van der Waals surface area contributed by atoms with Gasteiger partial charge in [-0.25, -0.2) is 6.92 Å². The number of rotatable bonds is 0. The van der Waals surface area contributed by atoms with E-state index in [2.05, 4.69) is 41.6 Å². The summed E-state index contributed by atoms with van der Waals surface area (Å²) in [6, 6.07) is 6.65. The molecule has 1 radical (unpaired) electrons. The summed E-state index contributed by atoms with van der Waals surface area (Å²) in [4.78, 5) is 4.55. The molecule has 0 saturated carbocycles. The Morgan fingerprint density at radius 3 is 3.00 bits per heavy atom. The number of aromatic nitrogens is 2. The van der Waals surface area contributed by atoms with Gasteiger partial charge in [-0.15, -0.1) is 6.20 Å². The molecule has 0 saturated heterocycles. The molecule has 0 bridgehead atoms. The van der Waals surface area contributed by atoms with Gasteiger partial charge in [-0.1, -0.05) is 23.4 Å². The minimum atomic E-state index is 0. The van der Waals surface area contributed by atoms with E-state index in [4.69, 9.17) is 0 Å². The first-order chi connectivity index (χ1) is 7.74. The van der Waals surface area contributed by atoms with Crippen LogP contribution in [0.25, 0.3) is 11.4 Å². The molecule has 0 aliphatic carbocycles. The molecule has 0 unspecified atom stereocenters. The van der Waals surface area contributed by atoms with Gasteiger partial charge in [-0.3, -0.25) is 4.98 Å². The van der Waals surface area contributed by atoms with Gasteiger partial charge in [0.2, 0.25) is 0 Å². The predicted octanol–water partition coefficient (Wildman–Crippen LogP) is 2.98. The second-order valence-corrected chi connectivity index (χ2v) is 4.51. The number of aryl methyl sites for hydroxylation is 3. The zero-order valence-electron chi connectivity index (χ0n) is 10.1. The van der Waals surface area contributed by atoms with E-state index in [0.29, 0.717) is 0 Å². The van der Waals surface area contributed by atoms with Crippen LogP contribution in [0.15, 0.2) is 24.4 Å². The average molecular weight is 300 g/mol. The molecule has 0 fully saturated rings. The van der Waals surface area contributed by atoms with E-state index in [1.807, 2.05) is 6.20 Å². The molecule has 0 atom stereocenters. The molecule has 2 aromatic rings. The molecule has 0 spiro atoms. The second-order valence-electron chi connectivity index (χ2n) is 4.51. The molecule has 3 heteroatoms. The fourth-order valence-electron chi connectivity index (χ4n) is 2.41. The van der Waals surface area contributed by atoms with Gasteiger partial charge in [-0.05, 0) is 31.4 Å². The van der Waals surface area contributed by atoms with Gasteiger partial charge >= 0.3 is 0 Å². The third-order valence-corrected chi connectivity index (χ3v) is 3.18. The number of fused-ring (bicyclic) bond motifs is 3. The van der Waals surface area contributed by atoms with Crippen LogP contribution in [-0.4, -0.2) is 9.55 Å². The third-order valence-electron chi connectivity index (χ3n) is 3.18. The number of imidazole rings is 1. The Hall–Kier alpha value is -0.596. The molecule has 0 amide bonds. The van der Waals surface area contributed by atoms with Gasteiger partial charge in [0.05, 0.1) is 0 Å². The Labute approximate surface area is 127 Å². The molecule has 1 aromatic heterocycles. The first-order valence-electron chi connectivity index (χ1n) is 5.73. The van der Waals surface area contributed by atoms with Gasteiger partial charge in [0.25, 0.3) is 0 Å². The standard InChI is InChI=1S/C14H15N2.Y/c1-10-5-6-12-4-3-7-16-9-11(2)15-14(16)13(12)8-10;/h5-6,8-9H,2-4,7H2,1H3;/q-1;. The van der Waals surface area contributed by atoms with Crippen LogP contribution in [0.4, 0.5) is 0 Å². The fraction of sp³-hybridized carbons (Fsp3) is 0.286. The maximum absolute atomic E-state index is 4.55. The molecule has 2 heterocycles. The molecular formula is C14H15N2Y-. The molecule has 1 aliphatic rings. The number of benzene rings is 1. The van der Waals surface area contributed by atoms with Gasteiger partial charge in [0, 0.05) is 44.8 Å². The first kappa shape index (κ1) is 12.9. The van der Waals surface area contributed by atoms with E-state index in [1.54, 1.807) is 0 Å². The number of hydrogen-bond donors (Lipinski definition) is 0. The Morgan fingerprint density at radius 2 is 2.18 bits per heavy atom. The Kier molecular flexibility index (Phi) is 3.74. The van der Waals surface area contributed by atoms with Crippen LogP contribution in [0, 0.1) is 13.8 Å². The van der Waals surface area contributed by atoms with Crippen molar-refractivity contribution in [2.24, 2.45) is 0 Å². The van der Waals surface area contributed by atoms with E-state index in [9.17, 15) is 0 Å². The molecule has 1 aliphatic heterocycles. The SMILES string of the molecule is [CH2-]c1cn2c(n1)-c1cc(C)ccc1CCC2.[Y]. The number of hydrogen-bond acceptors (Lipinski definition) is 1. The van der Waals surface area contributed by atoms with E-state index in [1.165, 1.54) is 23.1 Å². The maximum atomic E-state index is 4.55. The van der Waals surface area contributed by atoms with Crippen molar-refractivity contribution in [1.29, 1.82) is 0 Å². The molecule has 1 aromatic carbocycles. The van der Waals surface area contributed by atoms with Crippen LogP contribution >= 0.6 is 0 Å². The summed E-state index contributed by atoms with van der Waals surface area (Å²) in [6.45, 7) is 7.10. The van der Waals surface area contributed by atoms with E-state index >= 15 is 0 Å². The van der Waals surface area contributed by atoms with Crippen molar-refractivity contribution in [3.05, 3.63) is 48.1 Å². The van der Waals surface area contributed by atoms with Crippen molar-refractivity contribution in [3.8, 4) is 11.4 Å².